The van der Waals surface area contributed by atoms with Gasteiger partial charge >= 0.3 is 0 Å². The highest BCUT2D eigenvalue weighted by Gasteiger charge is 2.54. The normalized spacial score (nSPS) is 26.5. The molecule has 1 saturated carbocycles. The Bertz CT molecular complexity index is 1780. The molecule has 5 nitrogen and oxygen atoms in total. The van der Waals surface area contributed by atoms with E-state index in [2.05, 4.69) is 60.7 Å². The summed E-state index contributed by atoms with van der Waals surface area (Å²) < 4.78 is 31.5. The fourth-order valence-corrected chi connectivity index (χ4v) is 9.85. The number of hydrogen-bond acceptors (Lipinski definition) is 5. The number of fused-ring (bicyclic) bond motifs is 1. The predicted octanol–water partition coefficient (Wildman–Crippen LogP) is 8.90. The van der Waals surface area contributed by atoms with Crippen LogP contribution in [-0.2, 0) is 29.4 Å². The number of ether oxygens (including phenoxy) is 2. The van der Waals surface area contributed by atoms with Crippen LogP contribution in [-0.4, -0.2) is 27.7 Å². The molecule has 6 heteroatoms. The number of aliphatic hydroxyl groups is 1. The average Bonchev–Trinajstić information content (AvgIpc) is 3.10. The molecule has 6 atom stereocenters. The summed E-state index contributed by atoms with van der Waals surface area (Å²) in [4.78, 5) is 0.682. The first-order valence-electron chi connectivity index (χ1n) is 16.8. The number of nitrogens with zero attached hydrogens (tertiary/aromatic N) is 1. The van der Waals surface area contributed by atoms with Crippen molar-refractivity contribution in [3.05, 3.63) is 138 Å². The number of hydrogen-bond donors (Lipinski definition) is 1. The van der Waals surface area contributed by atoms with Gasteiger partial charge in [0.1, 0.15) is 24.7 Å². The lowest BCUT2D eigenvalue weighted by Crippen LogP contribution is -2.55. The predicted molar refractivity (Wildman–Crippen MR) is 190 cm³/mol. The van der Waals surface area contributed by atoms with Crippen molar-refractivity contribution < 1.29 is 18.8 Å². The molecule has 0 bridgehead atoms. The van der Waals surface area contributed by atoms with E-state index < -0.39 is 15.3 Å². The van der Waals surface area contributed by atoms with Crippen LogP contribution in [0.3, 0.4) is 0 Å². The van der Waals surface area contributed by atoms with Crippen molar-refractivity contribution in [3.63, 3.8) is 0 Å². The quantitative estimate of drug-likeness (QED) is 0.165. The van der Waals surface area contributed by atoms with Crippen molar-refractivity contribution in [2.45, 2.75) is 63.2 Å². The topological polar surface area (TPSA) is 68.1 Å². The Morgan fingerprint density at radius 1 is 0.851 bits per heavy atom. The Morgan fingerprint density at radius 3 is 2.11 bits per heavy atom. The molecule has 4 aromatic carbocycles. The van der Waals surface area contributed by atoms with Crippen LogP contribution in [0.4, 0.5) is 0 Å². The van der Waals surface area contributed by atoms with Crippen LogP contribution in [0, 0.1) is 23.2 Å². The van der Waals surface area contributed by atoms with E-state index >= 15 is 0 Å². The van der Waals surface area contributed by atoms with Crippen molar-refractivity contribution in [1.82, 2.24) is 0 Å². The van der Waals surface area contributed by atoms with Crippen molar-refractivity contribution in [2.75, 3.05) is 12.8 Å². The maximum absolute atomic E-state index is 14.3. The molecule has 0 aromatic heterocycles. The Labute approximate surface area is 280 Å². The van der Waals surface area contributed by atoms with Crippen molar-refractivity contribution in [1.29, 1.82) is 0 Å². The van der Waals surface area contributed by atoms with Crippen LogP contribution in [0.25, 0.3) is 0 Å². The van der Waals surface area contributed by atoms with Crippen LogP contribution in [0.1, 0.15) is 49.8 Å². The monoisotopic (exact) mass is 649 g/mol. The number of rotatable bonds is 11. The second-order valence-electron chi connectivity index (χ2n) is 13.6. The highest BCUT2D eigenvalue weighted by Crippen LogP contribution is 2.56. The Hall–Kier alpha value is -3.87. The summed E-state index contributed by atoms with van der Waals surface area (Å²) in [7, 11) is -1.18. The maximum Gasteiger partial charge on any atom is 0.123 e. The van der Waals surface area contributed by atoms with Gasteiger partial charge in [-0.25, -0.2) is 8.57 Å². The lowest BCUT2D eigenvalue weighted by atomic mass is 9.52. The third-order valence-corrected chi connectivity index (χ3v) is 13.1. The summed E-state index contributed by atoms with van der Waals surface area (Å²) >= 11 is 0. The van der Waals surface area contributed by atoms with E-state index in [1.807, 2.05) is 78.9 Å². The third kappa shape index (κ3) is 7.19. The molecule has 1 fully saturated rings. The van der Waals surface area contributed by atoms with Crippen molar-refractivity contribution >= 4 is 9.73 Å². The van der Waals surface area contributed by atoms with Gasteiger partial charge in [0.2, 0.25) is 0 Å². The lowest BCUT2D eigenvalue weighted by Gasteiger charge is -2.55. The van der Waals surface area contributed by atoms with Gasteiger partial charge in [0, 0.05) is 17.9 Å². The van der Waals surface area contributed by atoms with Gasteiger partial charge in [-0.3, -0.25) is 0 Å². The zero-order chi connectivity index (χ0) is 32.9. The highest BCUT2D eigenvalue weighted by molar-refractivity contribution is 7.93. The SMILES string of the molecule is CN=[S@](=O)(C[C@]1(O)CCC[C@H]2[C@H]1C=C[C@H](C)[C@]2(C)Cc1cc(OCc2ccccc2)ccc1OCc1ccccc1)c1ccccc1. The van der Waals surface area contributed by atoms with E-state index in [9.17, 15) is 9.32 Å². The summed E-state index contributed by atoms with van der Waals surface area (Å²) in [6.45, 7) is 5.61. The number of benzene rings is 4. The molecule has 0 spiro atoms. The highest BCUT2D eigenvalue weighted by atomic mass is 32.2. The molecular weight excluding hydrogens is 603 g/mol. The zero-order valence-electron chi connectivity index (χ0n) is 27.8. The van der Waals surface area contributed by atoms with Gasteiger partial charge in [0.25, 0.3) is 0 Å². The molecule has 0 aliphatic heterocycles. The minimum atomic E-state index is -2.79. The van der Waals surface area contributed by atoms with Gasteiger partial charge < -0.3 is 14.6 Å². The zero-order valence-corrected chi connectivity index (χ0v) is 28.6. The van der Waals surface area contributed by atoms with Gasteiger partial charge in [0.15, 0.2) is 0 Å². The fourth-order valence-electron chi connectivity index (χ4n) is 7.74. The third-order valence-electron chi connectivity index (χ3n) is 10.6. The molecule has 0 amide bonds. The van der Waals surface area contributed by atoms with Gasteiger partial charge in [-0.05, 0) is 83.5 Å². The molecule has 0 saturated heterocycles. The molecule has 0 heterocycles. The van der Waals surface area contributed by atoms with Crippen molar-refractivity contribution in [2.24, 2.45) is 27.5 Å². The summed E-state index contributed by atoms with van der Waals surface area (Å²) in [6, 6.07) is 36.1. The van der Waals surface area contributed by atoms with Gasteiger partial charge in [-0.2, -0.15) is 0 Å². The van der Waals surface area contributed by atoms with E-state index in [4.69, 9.17) is 9.47 Å². The van der Waals surface area contributed by atoms with Gasteiger partial charge in [-0.15, -0.1) is 0 Å². The Morgan fingerprint density at radius 2 is 1.47 bits per heavy atom. The minimum Gasteiger partial charge on any atom is -0.489 e. The average molecular weight is 650 g/mol. The summed E-state index contributed by atoms with van der Waals surface area (Å²) in [6.07, 6.45) is 7.72. The molecule has 1 N–H and O–H groups in total. The molecule has 6 rings (SSSR count). The lowest BCUT2D eigenvalue weighted by molar-refractivity contribution is -0.0829. The molecule has 2 aliphatic carbocycles. The summed E-state index contributed by atoms with van der Waals surface area (Å²) in [5.74, 6) is 2.11. The summed E-state index contributed by atoms with van der Waals surface area (Å²) in [5, 5.41) is 12.4. The fraction of sp³-hybridized carbons (Fsp3) is 0.366. The van der Waals surface area contributed by atoms with Crippen LogP contribution < -0.4 is 9.47 Å². The Balaban J connectivity index is 1.31. The minimum absolute atomic E-state index is 0.130. The van der Waals surface area contributed by atoms with E-state index in [0.717, 1.165) is 47.5 Å². The molecule has 0 unspecified atom stereocenters. The van der Waals surface area contributed by atoms with E-state index in [1.54, 1.807) is 7.05 Å². The molecule has 2 aliphatic rings. The first-order chi connectivity index (χ1) is 22.7. The first kappa shape index (κ1) is 33.0. The maximum atomic E-state index is 14.3. The number of allylic oxidation sites excluding steroid dienone is 1. The van der Waals surface area contributed by atoms with Crippen LogP contribution in [0.5, 0.6) is 11.5 Å². The standard InChI is InChI=1S/C41H47NO4S/c1-31-21-23-38-37(20-13-25-41(38,43)30-47(44,42-3)36-18-11-6-12-19-36)40(31,2)27-34-26-35(45-28-32-14-7-4-8-15-32)22-24-39(34)46-29-33-16-9-5-10-17-33/h4-12,14-19,21-24,26,31,37-38,43H,13,20,25,27-30H2,1-3H3/t31-,37-,38+,40-,41+,47-/m0/s1. The molecule has 246 valence electrons. The Kier molecular flexibility index (Phi) is 9.90. The van der Waals surface area contributed by atoms with E-state index in [-0.39, 0.29) is 28.9 Å². The van der Waals surface area contributed by atoms with Gasteiger partial charge in [-0.1, -0.05) is 111 Å². The molecule has 0 radical (unpaired) electrons. The van der Waals surface area contributed by atoms with E-state index in [1.165, 1.54) is 0 Å². The first-order valence-corrected chi connectivity index (χ1v) is 18.5. The largest absolute Gasteiger partial charge is 0.489 e. The molecule has 47 heavy (non-hydrogen) atoms. The van der Waals surface area contributed by atoms with Crippen molar-refractivity contribution in [3.8, 4) is 11.5 Å². The van der Waals surface area contributed by atoms with Crippen LogP contribution >= 0.6 is 0 Å². The molecule has 4 aromatic rings. The van der Waals surface area contributed by atoms with Crippen LogP contribution in [0.15, 0.2) is 131 Å². The second-order valence-corrected chi connectivity index (χ2v) is 16.0. The smallest absolute Gasteiger partial charge is 0.123 e. The van der Waals surface area contributed by atoms with Gasteiger partial charge in [0.05, 0.1) is 21.1 Å². The van der Waals surface area contributed by atoms with Crippen LogP contribution in [0.2, 0.25) is 0 Å². The summed E-state index contributed by atoms with van der Waals surface area (Å²) in [5.41, 5.74) is 2.02. The molecular formula is C41H47NO4S. The van der Waals surface area contributed by atoms with E-state index in [0.29, 0.717) is 24.5 Å². The second kappa shape index (κ2) is 14.1.